The summed E-state index contributed by atoms with van der Waals surface area (Å²) in [6, 6.07) is 7.24. The number of amides is 2. The number of nitrogens with one attached hydrogen (secondary N) is 1. The van der Waals surface area contributed by atoms with Crippen LogP contribution in [-0.2, 0) is 5.41 Å². The van der Waals surface area contributed by atoms with Crippen molar-refractivity contribution in [2.24, 2.45) is 0 Å². The molecule has 0 fully saturated rings. The zero-order chi connectivity index (χ0) is 15.3. The van der Waals surface area contributed by atoms with Gasteiger partial charge < -0.3 is 15.3 Å². The van der Waals surface area contributed by atoms with Gasteiger partial charge in [-0.25, -0.2) is 4.79 Å². The number of urea groups is 1. The van der Waals surface area contributed by atoms with E-state index in [9.17, 15) is 4.79 Å². The van der Waals surface area contributed by atoms with Crippen molar-refractivity contribution < 1.29 is 9.90 Å². The maximum Gasteiger partial charge on any atom is 0.317 e. The Morgan fingerprint density at radius 3 is 2.45 bits per heavy atom. The third-order valence-electron chi connectivity index (χ3n) is 3.55. The van der Waals surface area contributed by atoms with Gasteiger partial charge in [0.25, 0.3) is 0 Å². The van der Waals surface area contributed by atoms with Gasteiger partial charge >= 0.3 is 6.03 Å². The summed E-state index contributed by atoms with van der Waals surface area (Å²) in [5, 5.41) is 12.6. The number of nitrogens with zero attached hydrogens (tertiary/aromatic N) is 1. The highest BCUT2D eigenvalue weighted by Gasteiger charge is 2.23. The van der Waals surface area contributed by atoms with Gasteiger partial charge in [0.1, 0.15) is 0 Å². The molecule has 1 unspecified atom stereocenters. The van der Waals surface area contributed by atoms with Crippen LogP contribution in [0.4, 0.5) is 4.79 Å². The minimum absolute atomic E-state index is 0.0511. The van der Waals surface area contributed by atoms with E-state index in [1.807, 2.05) is 24.3 Å². The van der Waals surface area contributed by atoms with Crippen LogP contribution < -0.4 is 5.32 Å². The maximum atomic E-state index is 12.0. The summed E-state index contributed by atoms with van der Waals surface area (Å²) < 4.78 is 0. The lowest BCUT2D eigenvalue weighted by Crippen LogP contribution is -2.47. The molecule has 112 valence electrons. The van der Waals surface area contributed by atoms with Crippen LogP contribution in [0.15, 0.2) is 24.3 Å². The first-order valence-corrected chi connectivity index (χ1v) is 7.03. The number of likely N-dealkylation sites (N-methyl/N-ethyl adjacent to an activating group) is 1. The molecule has 1 aromatic carbocycles. The Bertz CT molecular complexity index is 446. The van der Waals surface area contributed by atoms with E-state index in [1.165, 1.54) is 4.90 Å². The van der Waals surface area contributed by atoms with E-state index < -0.39 is 0 Å². The second-order valence-corrected chi connectivity index (χ2v) is 6.13. The van der Waals surface area contributed by atoms with Crippen molar-refractivity contribution in [2.45, 2.75) is 32.2 Å². The number of carbonyl (C=O) groups is 1. The van der Waals surface area contributed by atoms with E-state index in [1.54, 1.807) is 14.0 Å². The molecule has 5 heteroatoms. The van der Waals surface area contributed by atoms with Crippen molar-refractivity contribution in [1.82, 2.24) is 10.2 Å². The fourth-order valence-electron chi connectivity index (χ4n) is 1.75. The number of hydrogen-bond acceptors (Lipinski definition) is 2. The van der Waals surface area contributed by atoms with Crippen molar-refractivity contribution in [3.8, 4) is 0 Å². The van der Waals surface area contributed by atoms with Gasteiger partial charge in [-0.15, -0.1) is 0 Å². The fraction of sp³-hybridized carbons (Fsp3) is 0.533. The Labute approximate surface area is 125 Å². The van der Waals surface area contributed by atoms with Gasteiger partial charge in [0.15, 0.2) is 0 Å². The number of rotatable bonds is 5. The number of aliphatic hydroxyl groups excluding tert-OH is 1. The molecule has 0 radical (unpaired) electrons. The van der Waals surface area contributed by atoms with E-state index in [2.05, 4.69) is 19.2 Å². The summed E-state index contributed by atoms with van der Waals surface area (Å²) in [6.45, 7) is 6.38. The van der Waals surface area contributed by atoms with Crippen molar-refractivity contribution in [2.75, 3.05) is 20.2 Å². The lowest BCUT2D eigenvalue weighted by molar-refractivity contribution is 0.156. The van der Waals surface area contributed by atoms with Gasteiger partial charge in [-0.1, -0.05) is 37.6 Å². The molecule has 1 rings (SSSR count). The Morgan fingerprint density at radius 1 is 1.40 bits per heavy atom. The Balaban J connectivity index is 2.63. The highest BCUT2D eigenvalue weighted by molar-refractivity contribution is 6.30. The third-order valence-corrected chi connectivity index (χ3v) is 3.80. The largest absolute Gasteiger partial charge is 0.394 e. The quantitative estimate of drug-likeness (QED) is 0.878. The van der Waals surface area contributed by atoms with E-state index >= 15 is 0 Å². The van der Waals surface area contributed by atoms with Crippen molar-refractivity contribution >= 4 is 17.6 Å². The Morgan fingerprint density at radius 2 is 1.95 bits per heavy atom. The molecule has 0 aliphatic carbocycles. The van der Waals surface area contributed by atoms with Gasteiger partial charge in [-0.05, 0) is 24.6 Å². The van der Waals surface area contributed by atoms with Crippen LogP contribution in [0.3, 0.4) is 0 Å². The summed E-state index contributed by atoms with van der Waals surface area (Å²) in [5.74, 6) is 0. The van der Waals surface area contributed by atoms with Crippen molar-refractivity contribution in [3.63, 3.8) is 0 Å². The van der Waals surface area contributed by atoms with Crippen molar-refractivity contribution in [3.05, 3.63) is 34.9 Å². The molecule has 4 nitrogen and oxygen atoms in total. The molecule has 0 bridgehead atoms. The van der Waals surface area contributed by atoms with Gasteiger partial charge in [0, 0.05) is 24.0 Å². The highest BCUT2D eigenvalue weighted by Crippen LogP contribution is 2.23. The monoisotopic (exact) mass is 298 g/mol. The number of hydrogen-bond donors (Lipinski definition) is 2. The predicted octanol–water partition coefficient (Wildman–Crippen LogP) is 2.64. The second-order valence-electron chi connectivity index (χ2n) is 5.69. The van der Waals surface area contributed by atoms with Crippen LogP contribution in [0.2, 0.25) is 5.02 Å². The van der Waals surface area contributed by atoms with Crippen molar-refractivity contribution in [1.29, 1.82) is 0 Å². The topological polar surface area (TPSA) is 52.6 Å². The number of aliphatic hydroxyl groups is 1. The average molecular weight is 299 g/mol. The second kappa shape index (κ2) is 6.95. The third kappa shape index (κ3) is 4.39. The molecule has 0 saturated carbocycles. The molecule has 0 aromatic heterocycles. The summed E-state index contributed by atoms with van der Waals surface area (Å²) in [6.07, 6.45) is 0. The summed E-state index contributed by atoms with van der Waals surface area (Å²) in [7, 11) is 1.67. The maximum absolute atomic E-state index is 12.0. The normalized spacial score (nSPS) is 12.9. The Hall–Kier alpha value is -1.26. The van der Waals surface area contributed by atoms with Gasteiger partial charge in [0.2, 0.25) is 0 Å². The fourth-order valence-corrected chi connectivity index (χ4v) is 1.87. The summed E-state index contributed by atoms with van der Waals surface area (Å²) in [4.78, 5) is 13.5. The minimum atomic E-state index is -0.200. The average Bonchev–Trinajstić information content (AvgIpc) is 2.43. The lowest BCUT2D eigenvalue weighted by atomic mass is 9.85. The molecule has 0 heterocycles. The molecule has 0 aliphatic rings. The smallest absolute Gasteiger partial charge is 0.317 e. The molecule has 0 saturated heterocycles. The number of benzene rings is 1. The minimum Gasteiger partial charge on any atom is -0.394 e. The number of halogens is 1. The van der Waals surface area contributed by atoms with E-state index in [-0.39, 0.29) is 24.1 Å². The zero-order valence-electron chi connectivity index (χ0n) is 12.5. The highest BCUT2D eigenvalue weighted by atomic mass is 35.5. The first-order chi connectivity index (χ1) is 9.27. The molecular formula is C15H23ClN2O2. The van der Waals surface area contributed by atoms with E-state index in [4.69, 9.17) is 16.7 Å². The molecule has 1 aromatic rings. The lowest BCUT2D eigenvalue weighted by Gasteiger charge is -2.29. The standard InChI is InChI=1S/C15H23ClN2O2/c1-11(9-19)18(4)14(20)17-10-15(2,3)12-5-7-13(16)8-6-12/h5-8,11,19H,9-10H2,1-4H3,(H,17,20). The summed E-state index contributed by atoms with van der Waals surface area (Å²) in [5.41, 5.74) is 0.920. The molecule has 2 amide bonds. The molecule has 1 atom stereocenters. The zero-order valence-corrected chi connectivity index (χ0v) is 13.2. The van der Waals surface area contributed by atoms with Crippen LogP contribution in [0.25, 0.3) is 0 Å². The van der Waals surface area contributed by atoms with Crippen LogP contribution in [0, 0.1) is 0 Å². The van der Waals surface area contributed by atoms with Gasteiger partial charge in [-0.2, -0.15) is 0 Å². The summed E-state index contributed by atoms with van der Waals surface area (Å²) >= 11 is 5.88. The van der Waals surface area contributed by atoms with Gasteiger partial charge in [0.05, 0.1) is 12.6 Å². The first-order valence-electron chi connectivity index (χ1n) is 6.65. The molecule has 2 N–H and O–H groups in total. The Kier molecular flexibility index (Phi) is 5.84. The number of carbonyl (C=O) groups excluding carboxylic acids is 1. The van der Waals surface area contributed by atoms with Crippen LogP contribution in [0.1, 0.15) is 26.3 Å². The molecular weight excluding hydrogens is 276 g/mol. The van der Waals surface area contributed by atoms with E-state index in [0.717, 1.165) is 5.56 Å². The predicted molar refractivity (Wildman–Crippen MR) is 82.2 cm³/mol. The first kappa shape index (κ1) is 16.8. The van der Waals surface area contributed by atoms with Gasteiger partial charge in [-0.3, -0.25) is 0 Å². The van der Waals surface area contributed by atoms with Crippen LogP contribution in [0.5, 0.6) is 0 Å². The van der Waals surface area contributed by atoms with E-state index in [0.29, 0.717) is 11.6 Å². The molecule has 20 heavy (non-hydrogen) atoms. The molecule has 0 aliphatic heterocycles. The van der Waals surface area contributed by atoms with Crippen LogP contribution >= 0.6 is 11.6 Å². The van der Waals surface area contributed by atoms with Crippen LogP contribution in [-0.4, -0.2) is 42.3 Å². The SMILES string of the molecule is CC(CO)N(C)C(=O)NCC(C)(C)c1ccc(Cl)cc1. The molecule has 0 spiro atoms.